The zero-order valence-electron chi connectivity index (χ0n) is 16.7. The molecular formula is C21H21O11+. The summed E-state index contributed by atoms with van der Waals surface area (Å²) in [7, 11) is 1.28. The van der Waals surface area contributed by atoms with Gasteiger partial charge in [-0.25, -0.2) is 4.42 Å². The molecule has 1 saturated heterocycles. The molecular weight excluding hydrogens is 428 g/mol. The van der Waals surface area contributed by atoms with Gasteiger partial charge in [-0.05, 0) is 0 Å². The lowest BCUT2D eigenvalue weighted by atomic mass is 10.1. The van der Waals surface area contributed by atoms with E-state index in [2.05, 4.69) is 0 Å². The number of ether oxygens (including phenoxy) is 3. The van der Waals surface area contributed by atoms with Crippen LogP contribution in [0.4, 0.5) is 0 Å². The first-order valence-corrected chi connectivity index (χ1v) is 9.45. The van der Waals surface area contributed by atoms with E-state index < -0.39 is 36.1 Å². The van der Waals surface area contributed by atoms with E-state index >= 15 is 0 Å². The van der Waals surface area contributed by atoms with Crippen molar-refractivity contribution in [3.05, 3.63) is 30.3 Å². The SMILES string of the molecule is COc1cc(-c2[o+]c3cc(O)cc(O)c3cc2O[C@H]2OC[C@@H](O)[C@H](O)[C@H]2O)cc(O)c1O. The molecule has 170 valence electrons. The molecule has 0 bridgehead atoms. The Bertz CT molecular complexity index is 1160. The molecule has 1 fully saturated rings. The summed E-state index contributed by atoms with van der Waals surface area (Å²) in [5.41, 5.74) is 0.222. The van der Waals surface area contributed by atoms with Crippen molar-refractivity contribution in [2.45, 2.75) is 24.6 Å². The lowest BCUT2D eigenvalue weighted by Crippen LogP contribution is -2.54. The molecule has 3 aromatic rings. The highest BCUT2D eigenvalue weighted by Gasteiger charge is 2.40. The largest absolute Gasteiger partial charge is 0.507 e. The van der Waals surface area contributed by atoms with Crippen LogP contribution >= 0.6 is 0 Å². The number of phenolic OH excluding ortho intramolecular Hbond substituents is 4. The lowest BCUT2D eigenvalue weighted by Gasteiger charge is -2.34. The Morgan fingerprint density at radius 1 is 0.906 bits per heavy atom. The number of fused-ring (bicyclic) bond motifs is 1. The number of rotatable bonds is 4. The molecule has 4 rings (SSSR count). The number of aromatic hydroxyl groups is 4. The fourth-order valence-corrected chi connectivity index (χ4v) is 3.36. The van der Waals surface area contributed by atoms with Gasteiger partial charge in [-0.1, -0.05) is 0 Å². The Morgan fingerprint density at radius 2 is 1.66 bits per heavy atom. The molecule has 0 aliphatic carbocycles. The van der Waals surface area contributed by atoms with E-state index in [1.165, 1.54) is 25.3 Å². The van der Waals surface area contributed by atoms with Crippen LogP contribution in [-0.2, 0) is 4.74 Å². The van der Waals surface area contributed by atoms with E-state index in [-0.39, 0.29) is 51.9 Å². The van der Waals surface area contributed by atoms with Crippen molar-refractivity contribution in [2.24, 2.45) is 0 Å². The molecule has 0 radical (unpaired) electrons. The molecule has 0 spiro atoms. The fourth-order valence-electron chi connectivity index (χ4n) is 3.36. The molecule has 1 aromatic heterocycles. The maximum atomic E-state index is 10.2. The highest BCUT2D eigenvalue weighted by molar-refractivity contribution is 5.88. The van der Waals surface area contributed by atoms with Crippen LogP contribution in [0.2, 0.25) is 0 Å². The minimum Gasteiger partial charge on any atom is -0.507 e. The van der Waals surface area contributed by atoms with E-state index in [0.29, 0.717) is 0 Å². The van der Waals surface area contributed by atoms with E-state index in [0.717, 1.165) is 12.1 Å². The molecule has 32 heavy (non-hydrogen) atoms. The van der Waals surface area contributed by atoms with Crippen LogP contribution in [0.1, 0.15) is 0 Å². The summed E-state index contributed by atoms with van der Waals surface area (Å²) in [6, 6.07) is 6.17. The first-order valence-electron chi connectivity index (χ1n) is 9.45. The van der Waals surface area contributed by atoms with Crippen LogP contribution in [0.3, 0.4) is 0 Å². The van der Waals surface area contributed by atoms with Crippen LogP contribution in [0.15, 0.2) is 34.7 Å². The highest BCUT2D eigenvalue weighted by atomic mass is 16.7. The van der Waals surface area contributed by atoms with Gasteiger partial charge in [0.25, 0.3) is 0 Å². The fraction of sp³-hybridized carbons (Fsp3) is 0.286. The molecule has 11 heteroatoms. The molecule has 2 heterocycles. The summed E-state index contributed by atoms with van der Waals surface area (Å²) in [5.74, 6) is -1.83. The summed E-state index contributed by atoms with van der Waals surface area (Å²) in [5, 5.41) is 70.0. The normalized spacial score (nSPS) is 23.2. The van der Waals surface area contributed by atoms with E-state index in [4.69, 9.17) is 18.6 Å². The van der Waals surface area contributed by atoms with Gasteiger partial charge in [0.05, 0.1) is 25.3 Å². The smallest absolute Gasteiger partial charge is 0.402 e. The van der Waals surface area contributed by atoms with Gasteiger partial charge in [0, 0.05) is 24.3 Å². The average Bonchev–Trinajstić information content (AvgIpc) is 2.75. The second-order valence-corrected chi connectivity index (χ2v) is 7.23. The zero-order valence-corrected chi connectivity index (χ0v) is 16.7. The first kappa shape index (κ1) is 21.7. The van der Waals surface area contributed by atoms with Gasteiger partial charge in [-0.15, -0.1) is 0 Å². The monoisotopic (exact) mass is 449 g/mol. The van der Waals surface area contributed by atoms with Crippen LogP contribution in [0.5, 0.6) is 34.5 Å². The van der Waals surface area contributed by atoms with Crippen molar-refractivity contribution in [2.75, 3.05) is 13.7 Å². The minimum absolute atomic E-state index is 0.0486. The van der Waals surface area contributed by atoms with Gasteiger partial charge in [-0.3, -0.25) is 0 Å². The third kappa shape index (κ3) is 3.78. The standard InChI is InChI=1S/C21H20O11/c1-29-15-3-8(2-12(24)17(15)26)20-16(32-21-19(28)18(27)13(25)7-30-21)6-10-11(23)4-9(22)5-14(10)31-20/h2-6,13,18-19,21,25,27-28H,7H2,1H3,(H3-,22,23,24,26)/p+1/t13-,18+,19-,21-/m1/s1. The van der Waals surface area contributed by atoms with Crippen LogP contribution in [0, 0.1) is 0 Å². The maximum absolute atomic E-state index is 10.2. The molecule has 1 aliphatic heterocycles. The number of hydrogen-bond donors (Lipinski definition) is 7. The van der Waals surface area contributed by atoms with Crippen molar-refractivity contribution >= 4 is 11.0 Å². The van der Waals surface area contributed by atoms with Crippen LogP contribution in [0.25, 0.3) is 22.3 Å². The molecule has 4 atom stereocenters. The highest BCUT2D eigenvalue weighted by Crippen LogP contribution is 2.45. The summed E-state index contributed by atoms with van der Waals surface area (Å²) >= 11 is 0. The Balaban J connectivity index is 1.88. The lowest BCUT2D eigenvalue weighted by molar-refractivity contribution is -0.242. The predicted molar refractivity (Wildman–Crippen MR) is 108 cm³/mol. The van der Waals surface area contributed by atoms with Crippen molar-refractivity contribution in [1.82, 2.24) is 0 Å². The van der Waals surface area contributed by atoms with Gasteiger partial charge in [0.15, 0.2) is 11.5 Å². The molecule has 0 unspecified atom stereocenters. The van der Waals surface area contributed by atoms with E-state index in [1.807, 2.05) is 0 Å². The third-order valence-corrected chi connectivity index (χ3v) is 5.05. The van der Waals surface area contributed by atoms with Crippen molar-refractivity contribution in [3.63, 3.8) is 0 Å². The predicted octanol–water partition coefficient (Wildman–Crippen LogP) is 1.03. The number of aliphatic hydroxyl groups is 3. The molecule has 1 aliphatic rings. The molecule has 0 saturated carbocycles. The second-order valence-electron chi connectivity index (χ2n) is 7.23. The van der Waals surface area contributed by atoms with Gasteiger partial charge in [-0.2, -0.15) is 0 Å². The molecule has 7 N–H and O–H groups in total. The van der Waals surface area contributed by atoms with E-state index in [9.17, 15) is 35.7 Å². The number of benzene rings is 2. The number of aliphatic hydroxyl groups excluding tert-OH is 3. The third-order valence-electron chi connectivity index (χ3n) is 5.05. The Hall–Kier alpha value is -3.51. The topological polar surface area (TPSA) is 181 Å². The first-order chi connectivity index (χ1) is 15.2. The van der Waals surface area contributed by atoms with Crippen LogP contribution in [-0.4, -0.2) is 74.1 Å². The molecule has 2 aromatic carbocycles. The van der Waals surface area contributed by atoms with E-state index in [1.54, 1.807) is 0 Å². The van der Waals surface area contributed by atoms with Gasteiger partial charge in [0.2, 0.25) is 17.8 Å². The summed E-state index contributed by atoms with van der Waals surface area (Å²) in [6.07, 6.45) is -5.86. The van der Waals surface area contributed by atoms with Gasteiger partial charge >= 0.3 is 11.3 Å². The Kier molecular flexibility index (Phi) is 5.57. The Morgan fingerprint density at radius 3 is 2.38 bits per heavy atom. The quantitative estimate of drug-likeness (QED) is 0.223. The zero-order chi connectivity index (χ0) is 23.2. The van der Waals surface area contributed by atoms with Gasteiger partial charge < -0.3 is 50.0 Å². The second kappa shape index (κ2) is 8.20. The summed E-state index contributed by atoms with van der Waals surface area (Å²) in [4.78, 5) is 0. The summed E-state index contributed by atoms with van der Waals surface area (Å²) in [6.45, 7) is -0.310. The molecule has 11 nitrogen and oxygen atoms in total. The van der Waals surface area contributed by atoms with Gasteiger partial charge in [0.1, 0.15) is 35.2 Å². The maximum Gasteiger partial charge on any atom is 0.402 e. The van der Waals surface area contributed by atoms with Crippen molar-refractivity contribution in [1.29, 1.82) is 0 Å². The molecule has 0 amide bonds. The number of hydrogen-bond acceptors (Lipinski definition) is 10. The van der Waals surface area contributed by atoms with Crippen molar-refractivity contribution < 1.29 is 54.4 Å². The van der Waals surface area contributed by atoms with Crippen LogP contribution < -0.4 is 9.47 Å². The van der Waals surface area contributed by atoms with Crippen molar-refractivity contribution in [3.8, 4) is 45.8 Å². The average molecular weight is 449 g/mol. The minimum atomic E-state index is -1.61. The Labute approximate surface area is 180 Å². The number of phenols is 4. The number of methoxy groups -OCH3 is 1. The summed E-state index contributed by atoms with van der Waals surface area (Å²) < 4.78 is 21.9.